The number of hydrogen-bond acceptors (Lipinski definition) is 3. The highest BCUT2D eigenvalue weighted by molar-refractivity contribution is 5.77. The van der Waals surface area contributed by atoms with E-state index in [1.807, 2.05) is 0 Å². The Morgan fingerprint density at radius 3 is 2.54 bits per heavy atom. The van der Waals surface area contributed by atoms with Crippen LogP contribution < -0.4 is 5.32 Å². The van der Waals surface area contributed by atoms with Crippen LogP contribution in [0.3, 0.4) is 0 Å². The fourth-order valence-corrected chi connectivity index (χ4v) is 7.23. The Morgan fingerprint density at radius 1 is 1.04 bits per heavy atom. The van der Waals surface area contributed by atoms with E-state index < -0.39 is 0 Å². The molecule has 24 heavy (non-hydrogen) atoms. The summed E-state index contributed by atoms with van der Waals surface area (Å²) in [5.74, 6) is 2.40. The summed E-state index contributed by atoms with van der Waals surface area (Å²) < 4.78 is 5.12. The Kier molecular flexibility index (Phi) is 3.74. The van der Waals surface area contributed by atoms with E-state index in [9.17, 15) is 9.59 Å². The Bertz CT molecular complexity index is 561. The minimum atomic E-state index is 0.00303. The molecule has 0 radical (unpaired) electrons. The summed E-state index contributed by atoms with van der Waals surface area (Å²) in [5, 5.41) is 3.28. The number of carbonyl (C=O) groups is 2. The summed E-state index contributed by atoms with van der Waals surface area (Å²) in [6.07, 6.45) is 8.54. The van der Waals surface area contributed by atoms with Crippen LogP contribution in [-0.2, 0) is 14.3 Å². The summed E-state index contributed by atoms with van der Waals surface area (Å²) in [4.78, 5) is 24.1. The predicted molar refractivity (Wildman–Crippen MR) is 91.1 cm³/mol. The standard InChI is InChI=1S/C20H31NO3/c1-19-10-8-14-12(13(19)5-6-15(19)18(23)24-3)4-7-16-20(14,2)11-9-17(22)21-16/h12-16H,4-11H2,1-3H3,(H,21,22)/t12?,13?,14?,15-,16?,19?,20?/m1/s1. The second-order valence-electron chi connectivity index (χ2n) is 9.28. The Labute approximate surface area is 145 Å². The van der Waals surface area contributed by atoms with Gasteiger partial charge in [0, 0.05) is 12.5 Å². The van der Waals surface area contributed by atoms with Crippen LogP contribution in [0.5, 0.6) is 0 Å². The lowest BCUT2D eigenvalue weighted by Crippen LogP contribution is -2.61. The van der Waals surface area contributed by atoms with Gasteiger partial charge >= 0.3 is 5.97 Å². The number of hydrogen-bond donors (Lipinski definition) is 1. The first kappa shape index (κ1) is 16.4. The fraction of sp³-hybridized carbons (Fsp3) is 0.900. The van der Waals surface area contributed by atoms with Crippen molar-refractivity contribution in [2.45, 2.75) is 71.3 Å². The monoisotopic (exact) mass is 333 g/mol. The number of fused-ring (bicyclic) bond motifs is 5. The quantitative estimate of drug-likeness (QED) is 0.749. The van der Waals surface area contributed by atoms with Crippen molar-refractivity contribution in [3.8, 4) is 0 Å². The molecule has 4 nitrogen and oxygen atoms in total. The zero-order chi connectivity index (χ0) is 17.1. The van der Waals surface area contributed by atoms with Crippen molar-refractivity contribution in [1.82, 2.24) is 5.32 Å². The molecule has 4 fully saturated rings. The number of piperidine rings is 1. The van der Waals surface area contributed by atoms with Crippen molar-refractivity contribution < 1.29 is 14.3 Å². The molecule has 1 aliphatic heterocycles. The van der Waals surface area contributed by atoms with Crippen LogP contribution in [0.1, 0.15) is 65.2 Å². The van der Waals surface area contributed by atoms with E-state index in [2.05, 4.69) is 19.2 Å². The van der Waals surface area contributed by atoms with E-state index in [4.69, 9.17) is 4.74 Å². The molecular formula is C20H31NO3. The summed E-state index contributed by atoms with van der Waals surface area (Å²) in [6.45, 7) is 4.77. The highest BCUT2D eigenvalue weighted by atomic mass is 16.5. The molecule has 1 N–H and O–H groups in total. The number of rotatable bonds is 1. The third kappa shape index (κ3) is 2.10. The van der Waals surface area contributed by atoms with Gasteiger partial charge in [-0.25, -0.2) is 0 Å². The van der Waals surface area contributed by atoms with Gasteiger partial charge in [0.2, 0.25) is 5.91 Å². The zero-order valence-corrected chi connectivity index (χ0v) is 15.3. The van der Waals surface area contributed by atoms with Gasteiger partial charge in [-0.15, -0.1) is 0 Å². The third-order valence-corrected chi connectivity index (χ3v) is 8.58. The molecule has 4 heteroatoms. The molecule has 4 rings (SSSR count). The highest BCUT2D eigenvalue weighted by Gasteiger charge is 2.61. The van der Waals surface area contributed by atoms with Crippen molar-refractivity contribution in [3.63, 3.8) is 0 Å². The van der Waals surface area contributed by atoms with Gasteiger partial charge in [0.1, 0.15) is 0 Å². The van der Waals surface area contributed by atoms with Crippen molar-refractivity contribution in [1.29, 1.82) is 0 Å². The number of methoxy groups -OCH3 is 1. The predicted octanol–water partition coefficient (Wildman–Crippen LogP) is 3.30. The van der Waals surface area contributed by atoms with Gasteiger partial charge in [0.05, 0.1) is 13.0 Å². The van der Waals surface area contributed by atoms with Crippen LogP contribution in [-0.4, -0.2) is 25.0 Å². The van der Waals surface area contributed by atoms with Gasteiger partial charge in [-0.3, -0.25) is 9.59 Å². The largest absolute Gasteiger partial charge is 0.469 e. The Balaban J connectivity index is 1.61. The molecule has 6 unspecified atom stereocenters. The van der Waals surface area contributed by atoms with Gasteiger partial charge in [0.25, 0.3) is 0 Å². The normalized spacial score (nSPS) is 50.3. The van der Waals surface area contributed by atoms with Crippen molar-refractivity contribution in [2.75, 3.05) is 7.11 Å². The number of carbonyl (C=O) groups excluding carboxylic acids is 2. The second-order valence-corrected chi connectivity index (χ2v) is 9.28. The average Bonchev–Trinajstić information content (AvgIpc) is 2.92. The van der Waals surface area contributed by atoms with Crippen LogP contribution in [0.25, 0.3) is 0 Å². The number of ether oxygens (including phenoxy) is 1. The SMILES string of the molecule is COC(=O)[C@H]1CCC2C3CCC4NC(=O)CCC4(C)C3CCC21C. The first-order chi connectivity index (χ1) is 11.4. The summed E-state index contributed by atoms with van der Waals surface area (Å²) >= 11 is 0. The van der Waals surface area contributed by atoms with Gasteiger partial charge < -0.3 is 10.1 Å². The number of esters is 1. The van der Waals surface area contributed by atoms with Crippen LogP contribution in [0.15, 0.2) is 0 Å². The molecule has 3 aliphatic carbocycles. The van der Waals surface area contributed by atoms with Crippen molar-refractivity contribution in [3.05, 3.63) is 0 Å². The van der Waals surface area contributed by atoms with E-state index in [0.717, 1.165) is 31.6 Å². The van der Waals surface area contributed by atoms with Crippen LogP contribution in [0.4, 0.5) is 0 Å². The van der Waals surface area contributed by atoms with Gasteiger partial charge in [-0.1, -0.05) is 13.8 Å². The maximum atomic E-state index is 12.3. The van der Waals surface area contributed by atoms with Gasteiger partial charge in [0.15, 0.2) is 0 Å². The molecule has 3 saturated carbocycles. The molecular weight excluding hydrogens is 302 g/mol. The lowest BCUT2D eigenvalue weighted by molar-refractivity contribution is -0.155. The lowest BCUT2D eigenvalue weighted by atomic mass is 9.47. The molecule has 0 aromatic heterocycles. The third-order valence-electron chi connectivity index (χ3n) is 8.58. The maximum Gasteiger partial charge on any atom is 0.309 e. The van der Waals surface area contributed by atoms with Crippen molar-refractivity contribution in [2.24, 2.45) is 34.5 Å². The maximum absolute atomic E-state index is 12.3. The zero-order valence-electron chi connectivity index (χ0n) is 15.3. The van der Waals surface area contributed by atoms with E-state index in [1.165, 1.54) is 26.4 Å². The molecule has 0 spiro atoms. The van der Waals surface area contributed by atoms with Gasteiger partial charge in [-0.2, -0.15) is 0 Å². The van der Waals surface area contributed by atoms with E-state index in [0.29, 0.717) is 24.3 Å². The molecule has 0 aromatic rings. The molecule has 7 atom stereocenters. The smallest absolute Gasteiger partial charge is 0.309 e. The number of nitrogens with one attached hydrogen (secondary N) is 1. The molecule has 0 bridgehead atoms. The van der Waals surface area contributed by atoms with Crippen molar-refractivity contribution >= 4 is 11.9 Å². The fourth-order valence-electron chi connectivity index (χ4n) is 7.23. The minimum absolute atomic E-state index is 0.00303. The molecule has 1 saturated heterocycles. The summed E-state index contributed by atoms with van der Waals surface area (Å²) in [6, 6.07) is 0.363. The molecule has 4 aliphatic rings. The average molecular weight is 333 g/mol. The first-order valence-corrected chi connectivity index (χ1v) is 9.77. The molecule has 0 aromatic carbocycles. The molecule has 134 valence electrons. The Hall–Kier alpha value is -1.06. The molecule has 1 heterocycles. The number of amides is 1. The van der Waals surface area contributed by atoms with Crippen LogP contribution >= 0.6 is 0 Å². The topological polar surface area (TPSA) is 55.4 Å². The van der Waals surface area contributed by atoms with Crippen LogP contribution in [0, 0.1) is 34.5 Å². The summed E-state index contributed by atoms with van der Waals surface area (Å²) in [5.41, 5.74) is 0.372. The summed E-state index contributed by atoms with van der Waals surface area (Å²) in [7, 11) is 1.53. The van der Waals surface area contributed by atoms with Crippen LogP contribution in [0.2, 0.25) is 0 Å². The minimum Gasteiger partial charge on any atom is -0.469 e. The Morgan fingerprint density at radius 2 is 1.79 bits per heavy atom. The first-order valence-electron chi connectivity index (χ1n) is 9.77. The second kappa shape index (κ2) is 5.47. The highest BCUT2D eigenvalue weighted by Crippen LogP contribution is 2.65. The lowest BCUT2D eigenvalue weighted by Gasteiger charge is -2.60. The van der Waals surface area contributed by atoms with E-state index >= 15 is 0 Å². The van der Waals surface area contributed by atoms with E-state index in [-0.39, 0.29) is 28.6 Å². The van der Waals surface area contributed by atoms with E-state index in [1.54, 1.807) is 0 Å². The molecule has 1 amide bonds. The van der Waals surface area contributed by atoms with Gasteiger partial charge in [-0.05, 0) is 73.5 Å².